The van der Waals surface area contributed by atoms with Crippen LogP contribution in [0.15, 0.2) is 28.8 Å². The Balaban J connectivity index is 1.51. The van der Waals surface area contributed by atoms with E-state index in [9.17, 15) is 0 Å². The van der Waals surface area contributed by atoms with E-state index in [1.54, 1.807) is 0 Å². The lowest BCUT2D eigenvalue weighted by molar-refractivity contribution is 0.0677. The molecule has 2 aromatic rings. The quantitative estimate of drug-likeness (QED) is 0.918. The minimum atomic E-state index is -0.0304. The molecule has 1 aromatic carbocycles. The van der Waals surface area contributed by atoms with Crippen molar-refractivity contribution in [1.29, 1.82) is 0 Å². The van der Waals surface area contributed by atoms with E-state index in [4.69, 9.17) is 9.26 Å². The van der Waals surface area contributed by atoms with E-state index < -0.39 is 0 Å². The van der Waals surface area contributed by atoms with Gasteiger partial charge in [0.1, 0.15) is 6.10 Å². The van der Waals surface area contributed by atoms with Gasteiger partial charge in [-0.1, -0.05) is 29.4 Å². The molecule has 0 aliphatic carbocycles. The Morgan fingerprint density at radius 3 is 3.00 bits per heavy atom. The maximum absolute atomic E-state index is 5.69. The van der Waals surface area contributed by atoms with Gasteiger partial charge < -0.3 is 14.6 Å². The predicted molar refractivity (Wildman–Crippen MR) is 80.0 cm³/mol. The first-order valence-corrected chi connectivity index (χ1v) is 8.38. The van der Waals surface area contributed by atoms with E-state index in [1.165, 1.54) is 11.1 Å². The largest absolute Gasteiger partial charge is 0.368 e. The fourth-order valence-corrected chi connectivity index (χ4v) is 3.63. The first-order valence-electron chi connectivity index (χ1n) is 7.23. The zero-order valence-corrected chi connectivity index (χ0v) is 12.4. The van der Waals surface area contributed by atoms with E-state index in [0.717, 1.165) is 31.1 Å². The van der Waals surface area contributed by atoms with Crippen LogP contribution in [0.2, 0.25) is 0 Å². The number of thioether (sulfide) groups is 1. The molecule has 110 valence electrons. The van der Waals surface area contributed by atoms with E-state index in [-0.39, 0.29) is 12.1 Å². The molecule has 6 heteroatoms. The highest BCUT2D eigenvalue weighted by atomic mass is 32.2. The van der Waals surface area contributed by atoms with Crippen LogP contribution in [0.3, 0.4) is 0 Å². The molecule has 1 N–H and O–H groups in total. The van der Waals surface area contributed by atoms with Crippen LogP contribution in [-0.2, 0) is 17.7 Å². The van der Waals surface area contributed by atoms with Crippen molar-refractivity contribution in [1.82, 2.24) is 15.5 Å². The number of ether oxygens (including phenoxy) is 1. The van der Waals surface area contributed by atoms with Gasteiger partial charge in [0, 0.05) is 18.1 Å². The van der Waals surface area contributed by atoms with Gasteiger partial charge in [0.15, 0.2) is 0 Å². The van der Waals surface area contributed by atoms with Gasteiger partial charge >= 0.3 is 0 Å². The second-order valence-electron chi connectivity index (χ2n) is 5.33. The molecule has 1 unspecified atom stereocenters. The van der Waals surface area contributed by atoms with Crippen LogP contribution in [0.25, 0.3) is 0 Å². The molecule has 21 heavy (non-hydrogen) atoms. The molecule has 1 saturated heterocycles. The first kappa shape index (κ1) is 13.3. The van der Waals surface area contributed by atoms with Gasteiger partial charge in [-0.15, -0.1) is 0 Å². The topological polar surface area (TPSA) is 60.2 Å². The van der Waals surface area contributed by atoms with E-state index in [0.29, 0.717) is 11.7 Å². The van der Waals surface area contributed by atoms with Gasteiger partial charge in [0.25, 0.3) is 0 Å². The molecule has 0 bridgehead atoms. The fraction of sp³-hybridized carbons (Fsp3) is 0.467. The highest BCUT2D eigenvalue weighted by Crippen LogP contribution is 2.28. The average molecular weight is 303 g/mol. The molecular formula is C15H17N3O2S. The third-order valence-electron chi connectivity index (χ3n) is 3.94. The number of benzene rings is 1. The first-order chi connectivity index (χ1) is 10.4. The summed E-state index contributed by atoms with van der Waals surface area (Å²) in [5, 5.41) is 7.57. The average Bonchev–Trinajstić information content (AvgIpc) is 3.05. The van der Waals surface area contributed by atoms with Crippen molar-refractivity contribution in [2.75, 3.05) is 18.1 Å². The maximum Gasteiger partial charge on any atom is 0.244 e. The molecular weight excluding hydrogens is 286 g/mol. The minimum absolute atomic E-state index is 0.0304. The van der Waals surface area contributed by atoms with Crippen LogP contribution in [-0.4, -0.2) is 28.3 Å². The molecule has 5 nitrogen and oxygen atoms in total. The van der Waals surface area contributed by atoms with Crippen LogP contribution >= 0.6 is 11.8 Å². The summed E-state index contributed by atoms with van der Waals surface area (Å²) in [5.74, 6) is 3.29. The second kappa shape index (κ2) is 5.79. The zero-order chi connectivity index (χ0) is 14.1. The Morgan fingerprint density at radius 2 is 2.14 bits per heavy atom. The zero-order valence-electron chi connectivity index (χ0n) is 11.6. The molecule has 2 atom stereocenters. The highest BCUT2D eigenvalue weighted by molar-refractivity contribution is 7.99. The van der Waals surface area contributed by atoms with E-state index in [1.807, 2.05) is 11.8 Å². The Labute approximate surface area is 127 Å². The summed E-state index contributed by atoms with van der Waals surface area (Å²) in [6.45, 7) is 1.60. The summed E-state index contributed by atoms with van der Waals surface area (Å²) in [7, 11) is 0. The monoisotopic (exact) mass is 303 g/mol. The van der Waals surface area contributed by atoms with Gasteiger partial charge in [-0.2, -0.15) is 16.7 Å². The minimum Gasteiger partial charge on any atom is -0.368 e. The standard InChI is InChI=1S/C15H17N3O2S/c1-2-4-11-8-16-12(7-10(11)3-1)15-17-14(18-20-15)13-9-21-6-5-19-13/h1-4,12-13,16H,5-9H2/t12-,13?/m0/s1. The number of nitrogens with one attached hydrogen (secondary N) is 1. The second-order valence-corrected chi connectivity index (χ2v) is 6.48. The third kappa shape index (κ3) is 2.71. The Morgan fingerprint density at radius 1 is 1.24 bits per heavy atom. The molecule has 3 heterocycles. The van der Waals surface area contributed by atoms with Crippen molar-refractivity contribution in [3.05, 3.63) is 47.1 Å². The van der Waals surface area contributed by atoms with Crippen LogP contribution in [0.1, 0.15) is 35.0 Å². The van der Waals surface area contributed by atoms with Crippen molar-refractivity contribution in [2.45, 2.75) is 25.1 Å². The van der Waals surface area contributed by atoms with Gasteiger partial charge in [0.05, 0.1) is 12.6 Å². The summed E-state index contributed by atoms with van der Waals surface area (Å²) >= 11 is 1.87. The van der Waals surface area contributed by atoms with E-state index in [2.05, 4.69) is 39.7 Å². The van der Waals surface area contributed by atoms with E-state index >= 15 is 0 Å². The molecule has 2 aliphatic heterocycles. The Hall–Kier alpha value is -1.37. The van der Waals surface area contributed by atoms with Crippen LogP contribution in [0.4, 0.5) is 0 Å². The molecule has 0 saturated carbocycles. The number of hydrogen-bond donors (Lipinski definition) is 1. The van der Waals surface area contributed by atoms with Crippen molar-refractivity contribution < 1.29 is 9.26 Å². The maximum atomic E-state index is 5.69. The summed E-state index contributed by atoms with van der Waals surface area (Å²) in [4.78, 5) is 4.55. The summed E-state index contributed by atoms with van der Waals surface area (Å²) in [5.41, 5.74) is 2.70. The highest BCUT2D eigenvalue weighted by Gasteiger charge is 2.27. The van der Waals surface area contributed by atoms with Crippen molar-refractivity contribution >= 4 is 11.8 Å². The number of hydrogen-bond acceptors (Lipinski definition) is 6. The van der Waals surface area contributed by atoms with Crippen LogP contribution in [0, 0.1) is 0 Å². The molecule has 2 aliphatic rings. The number of nitrogens with zero attached hydrogens (tertiary/aromatic N) is 2. The molecule has 1 aromatic heterocycles. The predicted octanol–water partition coefficient (Wildman–Crippen LogP) is 2.26. The molecule has 4 rings (SSSR count). The SMILES string of the molecule is c1ccc2c(c1)CN[C@H](c1nc(C3CSCCO3)no1)C2. The van der Waals surface area contributed by atoms with Gasteiger partial charge in [-0.3, -0.25) is 0 Å². The number of fused-ring (bicyclic) bond motifs is 1. The number of aromatic nitrogens is 2. The van der Waals surface area contributed by atoms with Crippen molar-refractivity contribution in [3.8, 4) is 0 Å². The van der Waals surface area contributed by atoms with Crippen LogP contribution < -0.4 is 5.32 Å². The van der Waals surface area contributed by atoms with Gasteiger partial charge in [-0.25, -0.2) is 0 Å². The Kier molecular flexibility index (Phi) is 3.67. The lowest BCUT2D eigenvalue weighted by Crippen LogP contribution is -2.28. The van der Waals surface area contributed by atoms with Crippen molar-refractivity contribution in [3.63, 3.8) is 0 Å². The summed E-state index contributed by atoms with van der Waals surface area (Å²) in [6, 6.07) is 8.57. The van der Waals surface area contributed by atoms with Crippen molar-refractivity contribution in [2.24, 2.45) is 0 Å². The molecule has 0 radical (unpaired) electrons. The van der Waals surface area contributed by atoms with Gasteiger partial charge in [-0.05, 0) is 17.5 Å². The Bertz CT molecular complexity index is 625. The lowest BCUT2D eigenvalue weighted by atomic mass is 9.96. The molecule has 0 spiro atoms. The number of rotatable bonds is 2. The normalized spacial score (nSPS) is 25.5. The third-order valence-corrected chi connectivity index (χ3v) is 4.93. The lowest BCUT2D eigenvalue weighted by Gasteiger charge is -2.23. The van der Waals surface area contributed by atoms with Crippen LogP contribution in [0.5, 0.6) is 0 Å². The molecule has 0 amide bonds. The fourth-order valence-electron chi connectivity index (χ4n) is 2.79. The smallest absolute Gasteiger partial charge is 0.244 e. The summed E-state index contributed by atoms with van der Waals surface area (Å²) in [6.07, 6.45) is 0.857. The van der Waals surface area contributed by atoms with Gasteiger partial charge in [0.2, 0.25) is 11.7 Å². The molecule has 1 fully saturated rings. The summed E-state index contributed by atoms with van der Waals surface area (Å²) < 4.78 is 11.2.